The Morgan fingerprint density at radius 1 is 1.21 bits per heavy atom. The van der Waals surface area contributed by atoms with Crippen LogP contribution in [0.5, 0.6) is 0 Å². The van der Waals surface area contributed by atoms with Crippen LogP contribution in [0.1, 0.15) is 22.3 Å². The van der Waals surface area contributed by atoms with Crippen LogP contribution in [0, 0.1) is 0 Å². The van der Waals surface area contributed by atoms with Crippen molar-refractivity contribution in [3.8, 4) is 0 Å². The Labute approximate surface area is 147 Å². The van der Waals surface area contributed by atoms with Crippen molar-refractivity contribution < 1.29 is 9.53 Å². The third-order valence-corrected chi connectivity index (χ3v) is 3.72. The lowest BCUT2D eigenvalue weighted by Gasteiger charge is -2.08. The summed E-state index contributed by atoms with van der Waals surface area (Å²) in [6.07, 6.45) is 4.93. The lowest BCUT2D eigenvalue weighted by molar-refractivity contribution is 0.0954. The monoisotopic (exact) mass is 347 g/mol. The molecule has 1 amide bonds. The summed E-state index contributed by atoms with van der Waals surface area (Å²) in [6, 6.07) is 9.42. The molecule has 0 aliphatic rings. The van der Waals surface area contributed by atoms with Crippen LogP contribution in [-0.4, -0.2) is 37.7 Å². The van der Waals surface area contributed by atoms with Gasteiger partial charge in [0.1, 0.15) is 0 Å². The van der Waals surface area contributed by atoms with E-state index in [0.717, 1.165) is 30.6 Å². The van der Waals surface area contributed by atoms with Gasteiger partial charge in [-0.2, -0.15) is 0 Å². The summed E-state index contributed by atoms with van der Waals surface area (Å²) >= 11 is 5.86. The summed E-state index contributed by atoms with van der Waals surface area (Å²) in [4.78, 5) is 16.3. The van der Waals surface area contributed by atoms with Gasteiger partial charge in [-0.25, -0.2) is 0 Å². The number of carbonyl (C=O) groups excluding carboxylic acids is 1. The maximum Gasteiger partial charge on any atom is 0.252 e. The quantitative estimate of drug-likeness (QED) is 0.684. The smallest absolute Gasteiger partial charge is 0.252 e. The van der Waals surface area contributed by atoms with Gasteiger partial charge >= 0.3 is 0 Å². The van der Waals surface area contributed by atoms with E-state index in [4.69, 9.17) is 16.3 Å². The summed E-state index contributed by atoms with van der Waals surface area (Å²) in [5, 5.41) is 6.84. The number of aromatic nitrogens is 1. The number of anilines is 1. The number of benzene rings is 1. The molecular formula is C18H22ClN3O2. The number of hydrogen-bond acceptors (Lipinski definition) is 4. The van der Waals surface area contributed by atoms with E-state index < -0.39 is 0 Å². The number of nitrogens with zero attached hydrogens (tertiary/aromatic N) is 1. The normalized spacial score (nSPS) is 10.4. The van der Waals surface area contributed by atoms with Crippen molar-refractivity contribution in [3.05, 3.63) is 58.9 Å². The van der Waals surface area contributed by atoms with E-state index in [1.807, 2.05) is 24.3 Å². The molecule has 0 saturated carbocycles. The zero-order valence-electron chi connectivity index (χ0n) is 13.7. The predicted octanol–water partition coefficient (Wildman–Crippen LogP) is 3.16. The molecule has 0 saturated heterocycles. The number of carbonyl (C=O) groups is 1. The van der Waals surface area contributed by atoms with E-state index in [1.54, 1.807) is 25.6 Å². The molecule has 0 atom stereocenters. The van der Waals surface area contributed by atoms with Crippen LogP contribution in [0.2, 0.25) is 5.02 Å². The molecule has 0 fully saturated rings. The predicted molar refractivity (Wildman–Crippen MR) is 96.7 cm³/mol. The third kappa shape index (κ3) is 6.18. The van der Waals surface area contributed by atoms with Gasteiger partial charge in [-0.1, -0.05) is 23.7 Å². The summed E-state index contributed by atoms with van der Waals surface area (Å²) in [6.45, 7) is 2.04. The van der Waals surface area contributed by atoms with Gasteiger partial charge in [0.25, 0.3) is 5.91 Å². The van der Waals surface area contributed by atoms with Crippen molar-refractivity contribution in [2.75, 3.05) is 32.1 Å². The first-order valence-electron chi connectivity index (χ1n) is 7.89. The maximum absolute atomic E-state index is 12.2. The topological polar surface area (TPSA) is 63.2 Å². The number of amides is 1. The molecule has 6 heteroatoms. The lowest BCUT2D eigenvalue weighted by atomic mass is 10.1. The summed E-state index contributed by atoms with van der Waals surface area (Å²) in [5.74, 6) is -0.128. The van der Waals surface area contributed by atoms with Gasteiger partial charge in [0.05, 0.1) is 11.3 Å². The molecule has 1 aromatic carbocycles. The highest BCUT2D eigenvalue weighted by Crippen LogP contribution is 2.10. The molecule has 0 unspecified atom stereocenters. The number of pyridine rings is 1. The van der Waals surface area contributed by atoms with Gasteiger partial charge < -0.3 is 15.4 Å². The molecule has 1 aromatic heterocycles. The first-order chi connectivity index (χ1) is 11.7. The molecule has 2 aromatic rings. The van der Waals surface area contributed by atoms with Gasteiger partial charge in [-0.05, 0) is 36.6 Å². The Hall–Kier alpha value is -2.11. The molecular weight excluding hydrogens is 326 g/mol. The number of methoxy groups -OCH3 is 1. The molecule has 0 radical (unpaired) electrons. The number of halogens is 1. The van der Waals surface area contributed by atoms with E-state index in [0.29, 0.717) is 23.7 Å². The Morgan fingerprint density at radius 3 is 2.75 bits per heavy atom. The molecule has 0 aliphatic carbocycles. The second kappa shape index (κ2) is 9.90. The molecule has 1 heterocycles. The van der Waals surface area contributed by atoms with Crippen LogP contribution < -0.4 is 10.6 Å². The van der Waals surface area contributed by atoms with Crippen LogP contribution in [0.15, 0.2) is 42.7 Å². The van der Waals surface area contributed by atoms with E-state index in [2.05, 4.69) is 15.6 Å². The van der Waals surface area contributed by atoms with Crippen LogP contribution in [0.3, 0.4) is 0 Å². The first kappa shape index (κ1) is 18.2. The molecule has 5 nitrogen and oxygen atoms in total. The summed E-state index contributed by atoms with van der Waals surface area (Å²) < 4.78 is 5.00. The van der Waals surface area contributed by atoms with Gasteiger partial charge in [0.2, 0.25) is 0 Å². The lowest BCUT2D eigenvalue weighted by Crippen LogP contribution is -2.25. The SMILES string of the molecule is COCCCNc1cncc(C(=O)NCCc2ccc(Cl)cc2)c1. The fourth-order valence-electron chi connectivity index (χ4n) is 2.18. The van der Waals surface area contributed by atoms with Crippen molar-refractivity contribution in [1.29, 1.82) is 0 Å². The largest absolute Gasteiger partial charge is 0.385 e. The van der Waals surface area contributed by atoms with Gasteiger partial charge in [0, 0.05) is 44.2 Å². The minimum Gasteiger partial charge on any atom is -0.385 e. The highest BCUT2D eigenvalue weighted by atomic mass is 35.5. The van der Waals surface area contributed by atoms with Crippen molar-refractivity contribution in [3.63, 3.8) is 0 Å². The second-order valence-corrected chi connectivity index (χ2v) is 5.80. The van der Waals surface area contributed by atoms with E-state index in [1.165, 1.54) is 0 Å². The number of hydrogen-bond donors (Lipinski definition) is 2. The maximum atomic E-state index is 12.2. The average Bonchev–Trinajstić information content (AvgIpc) is 2.61. The summed E-state index contributed by atoms with van der Waals surface area (Å²) in [7, 11) is 1.68. The Kier molecular flexibility index (Phi) is 7.52. The molecule has 0 aliphatic heterocycles. The van der Waals surface area contributed by atoms with Gasteiger partial charge in [-0.3, -0.25) is 9.78 Å². The van der Waals surface area contributed by atoms with Crippen LogP contribution in [-0.2, 0) is 11.2 Å². The zero-order valence-corrected chi connectivity index (χ0v) is 14.5. The Balaban J connectivity index is 1.80. The number of nitrogens with one attached hydrogen (secondary N) is 2. The standard InChI is InChI=1S/C18H22ClN3O2/c1-24-10-2-8-21-17-11-15(12-20-13-17)18(23)22-9-7-14-3-5-16(19)6-4-14/h3-6,11-13,21H,2,7-10H2,1H3,(H,22,23). The first-order valence-corrected chi connectivity index (χ1v) is 8.27. The van der Waals surface area contributed by atoms with Crippen molar-refractivity contribution in [2.24, 2.45) is 0 Å². The Morgan fingerprint density at radius 2 is 2.00 bits per heavy atom. The molecule has 2 rings (SSSR count). The third-order valence-electron chi connectivity index (χ3n) is 3.47. The number of ether oxygens (including phenoxy) is 1. The molecule has 0 bridgehead atoms. The van der Waals surface area contributed by atoms with Crippen LogP contribution in [0.25, 0.3) is 0 Å². The Bertz CT molecular complexity index is 647. The molecule has 128 valence electrons. The summed E-state index contributed by atoms with van der Waals surface area (Å²) in [5.41, 5.74) is 2.51. The second-order valence-electron chi connectivity index (χ2n) is 5.37. The molecule has 0 spiro atoms. The van der Waals surface area contributed by atoms with Crippen molar-refractivity contribution in [1.82, 2.24) is 10.3 Å². The highest BCUT2D eigenvalue weighted by molar-refractivity contribution is 6.30. The fraction of sp³-hybridized carbons (Fsp3) is 0.333. The van der Waals surface area contributed by atoms with E-state index in [-0.39, 0.29) is 5.91 Å². The molecule has 2 N–H and O–H groups in total. The van der Waals surface area contributed by atoms with E-state index in [9.17, 15) is 4.79 Å². The fourth-order valence-corrected chi connectivity index (χ4v) is 2.31. The van der Waals surface area contributed by atoms with Crippen LogP contribution >= 0.6 is 11.6 Å². The van der Waals surface area contributed by atoms with Crippen molar-refractivity contribution >= 4 is 23.2 Å². The zero-order chi connectivity index (χ0) is 17.2. The van der Waals surface area contributed by atoms with Crippen molar-refractivity contribution in [2.45, 2.75) is 12.8 Å². The number of rotatable bonds is 9. The average molecular weight is 348 g/mol. The minimum atomic E-state index is -0.128. The van der Waals surface area contributed by atoms with Gasteiger partial charge in [0.15, 0.2) is 0 Å². The minimum absolute atomic E-state index is 0.128. The molecule has 24 heavy (non-hydrogen) atoms. The van der Waals surface area contributed by atoms with E-state index >= 15 is 0 Å². The van der Waals surface area contributed by atoms with Gasteiger partial charge in [-0.15, -0.1) is 0 Å². The van der Waals surface area contributed by atoms with Crippen LogP contribution in [0.4, 0.5) is 5.69 Å². The highest BCUT2D eigenvalue weighted by Gasteiger charge is 2.06.